The lowest BCUT2D eigenvalue weighted by Gasteiger charge is -2.28. The number of ether oxygens (including phenoxy) is 1. The van der Waals surface area contributed by atoms with E-state index in [0.717, 1.165) is 44.1 Å². The van der Waals surface area contributed by atoms with Crippen molar-refractivity contribution >= 4 is 28.7 Å². The van der Waals surface area contributed by atoms with Crippen molar-refractivity contribution < 1.29 is 4.74 Å². The van der Waals surface area contributed by atoms with Crippen molar-refractivity contribution in [2.75, 3.05) is 31.2 Å². The summed E-state index contributed by atoms with van der Waals surface area (Å²) in [6.07, 6.45) is 6.64. The van der Waals surface area contributed by atoms with Crippen LogP contribution in [0.3, 0.4) is 0 Å². The van der Waals surface area contributed by atoms with Gasteiger partial charge < -0.3 is 9.64 Å². The number of hydrogen-bond donors (Lipinski definition) is 0. The number of hydrogen-bond acceptors (Lipinski definition) is 8. The van der Waals surface area contributed by atoms with Crippen molar-refractivity contribution in [2.24, 2.45) is 20.5 Å². The van der Waals surface area contributed by atoms with Gasteiger partial charge in [-0.15, -0.1) is 15.3 Å². The lowest BCUT2D eigenvalue weighted by atomic mass is 10.1. The van der Waals surface area contributed by atoms with Gasteiger partial charge in [0.2, 0.25) is 0 Å². The summed E-state index contributed by atoms with van der Waals surface area (Å²) in [7, 11) is 0. The first kappa shape index (κ1) is 21.7. The van der Waals surface area contributed by atoms with Crippen molar-refractivity contribution in [2.45, 2.75) is 26.2 Å². The van der Waals surface area contributed by atoms with Gasteiger partial charge in [-0.05, 0) is 54.8 Å². The molecule has 0 N–H and O–H groups in total. The molecule has 0 saturated carbocycles. The highest BCUT2D eigenvalue weighted by atomic mass is 16.5. The zero-order chi connectivity index (χ0) is 22.0. The van der Waals surface area contributed by atoms with E-state index in [4.69, 9.17) is 4.74 Å². The van der Waals surface area contributed by atoms with Gasteiger partial charge in [0.1, 0.15) is 5.69 Å². The van der Waals surface area contributed by atoms with E-state index in [0.29, 0.717) is 5.69 Å². The summed E-state index contributed by atoms with van der Waals surface area (Å²) in [5.41, 5.74) is 4.58. The summed E-state index contributed by atoms with van der Waals surface area (Å²) in [6, 6.07) is 16.1. The maximum atomic E-state index is 5.39. The summed E-state index contributed by atoms with van der Waals surface area (Å²) in [6.45, 7) is 5.54. The number of morpholine rings is 1. The van der Waals surface area contributed by atoms with Crippen molar-refractivity contribution in [1.29, 1.82) is 0 Å². The van der Waals surface area contributed by atoms with Crippen LogP contribution in [0, 0.1) is 0 Å². The zero-order valence-corrected chi connectivity index (χ0v) is 18.3. The van der Waals surface area contributed by atoms with Crippen LogP contribution in [0.15, 0.2) is 81.4 Å². The molecule has 1 aliphatic rings. The van der Waals surface area contributed by atoms with E-state index in [-0.39, 0.29) is 5.95 Å². The van der Waals surface area contributed by atoms with Crippen LogP contribution in [0.5, 0.6) is 0 Å². The van der Waals surface area contributed by atoms with E-state index < -0.39 is 0 Å². The predicted octanol–water partition coefficient (Wildman–Crippen LogP) is 6.49. The number of benzene rings is 2. The van der Waals surface area contributed by atoms with Crippen molar-refractivity contribution in [3.05, 3.63) is 66.5 Å². The molecule has 0 amide bonds. The Morgan fingerprint density at radius 2 is 1.38 bits per heavy atom. The van der Waals surface area contributed by atoms with Crippen LogP contribution in [0.2, 0.25) is 0 Å². The first-order valence-electron chi connectivity index (χ1n) is 11.0. The molecule has 8 heteroatoms. The van der Waals surface area contributed by atoms with Crippen LogP contribution < -0.4 is 4.90 Å². The predicted molar refractivity (Wildman–Crippen MR) is 125 cm³/mol. The summed E-state index contributed by atoms with van der Waals surface area (Å²) in [5, 5.41) is 16.8. The molecule has 0 radical (unpaired) electrons. The fourth-order valence-corrected chi connectivity index (χ4v) is 3.30. The van der Waals surface area contributed by atoms with Crippen LogP contribution in [0.4, 0.5) is 28.7 Å². The van der Waals surface area contributed by atoms with Gasteiger partial charge in [0.25, 0.3) is 5.95 Å². The Kier molecular flexibility index (Phi) is 7.60. The van der Waals surface area contributed by atoms with E-state index in [1.807, 2.05) is 24.3 Å². The molecule has 2 heterocycles. The number of rotatable bonds is 8. The molecule has 4 rings (SSSR count). The van der Waals surface area contributed by atoms with Gasteiger partial charge in [-0.1, -0.05) is 25.5 Å². The first-order valence-corrected chi connectivity index (χ1v) is 11.0. The Morgan fingerprint density at radius 1 is 0.781 bits per heavy atom. The highest BCUT2D eigenvalue weighted by molar-refractivity contribution is 5.53. The Labute approximate surface area is 188 Å². The second-order valence-corrected chi connectivity index (χ2v) is 7.53. The normalized spacial score (nSPS) is 14.5. The summed E-state index contributed by atoms with van der Waals surface area (Å²) in [5.74, 6) is 0.286. The molecule has 0 aliphatic carbocycles. The maximum absolute atomic E-state index is 5.39. The molecule has 0 atom stereocenters. The van der Waals surface area contributed by atoms with Gasteiger partial charge in [0.15, 0.2) is 0 Å². The van der Waals surface area contributed by atoms with Crippen LogP contribution in [-0.2, 0) is 11.2 Å². The number of aromatic nitrogens is 2. The standard InChI is InChI=1S/C24H27N7O/c1-2-3-4-19-5-7-20(8-6-19)28-30-24-25-17-22(18-26-24)29-27-21-9-11-23(12-10-21)31-13-15-32-16-14-31/h5-12,17-18H,2-4,13-16H2,1H3. The van der Waals surface area contributed by atoms with E-state index in [1.165, 1.54) is 24.1 Å². The fraction of sp³-hybridized carbons (Fsp3) is 0.333. The van der Waals surface area contributed by atoms with E-state index in [9.17, 15) is 0 Å². The first-order chi connectivity index (χ1) is 15.8. The minimum absolute atomic E-state index is 0.286. The van der Waals surface area contributed by atoms with Crippen LogP contribution in [0.1, 0.15) is 25.3 Å². The third-order valence-corrected chi connectivity index (χ3v) is 5.14. The van der Waals surface area contributed by atoms with E-state index >= 15 is 0 Å². The fourth-order valence-electron chi connectivity index (χ4n) is 3.30. The minimum atomic E-state index is 0.286. The Morgan fingerprint density at radius 3 is 2.03 bits per heavy atom. The lowest BCUT2D eigenvalue weighted by molar-refractivity contribution is 0.122. The van der Waals surface area contributed by atoms with Gasteiger partial charge in [0.05, 0.1) is 37.0 Å². The molecule has 0 spiro atoms. The molecule has 0 unspecified atom stereocenters. The zero-order valence-electron chi connectivity index (χ0n) is 18.3. The molecule has 0 bridgehead atoms. The van der Waals surface area contributed by atoms with Gasteiger partial charge in [0, 0.05) is 18.8 Å². The van der Waals surface area contributed by atoms with Crippen molar-refractivity contribution in [1.82, 2.24) is 9.97 Å². The summed E-state index contributed by atoms with van der Waals surface area (Å²) in [4.78, 5) is 10.7. The third kappa shape index (κ3) is 6.24. The largest absolute Gasteiger partial charge is 0.378 e. The smallest absolute Gasteiger partial charge is 0.268 e. The monoisotopic (exact) mass is 429 g/mol. The van der Waals surface area contributed by atoms with E-state index in [2.05, 4.69) is 66.5 Å². The summed E-state index contributed by atoms with van der Waals surface area (Å²) >= 11 is 0. The van der Waals surface area contributed by atoms with Crippen LogP contribution in [0.25, 0.3) is 0 Å². The van der Waals surface area contributed by atoms with Crippen molar-refractivity contribution in [3.63, 3.8) is 0 Å². The molecule has 8 nitrogen and oxygen atoms in total. The average molecular weight is 430 g/mol. The maximum Gasteiger partial charge on any atom is 0.268 e. The molecular formula is C24H27N7O. The second-order valence-electron chi connectivity index (χ2n) is 7.53. The molecule has 1 saturated heterocycles. The molecular weight excluding hydrogens is 402 g/mol. The highest BCUT2D eigenvalue weighted by Gasteiger charge is 2.10. The molecule has 1 fully saturated rings. The highest BCUT2D eigenvalue weighted by Crippen LogP contribution is 2.23. The SMILES string of the molecule is CCCCc1ccc(N=Nc2ncc(N=Nc3ccc(N4CCOCC4)cc3)cn2)cc1. The third-order valence-electron chi connectivity index (χ3n) is 5.14. The van der Waals surface area contributed by atoms with Gasteiger partial charge in [-0.2, -0.15) is 5.11 Å². The quantitative estimate of drug-likeness (QED) is 0.383. The Hall–Kier alpha value is -3.52. The molecule has 3 aromatic rings. The van der Waals surface area contributed by atoms with Crippen LogP contribution >= 0.6 is 0 Å². The van der Waals surface area contributed by atoms with Gasteiger partial charge in [-0.25, -0.2) is 9.97 Å². The number of unbranched alkanes of at least 4 members (excludes halogenated alkanes) is 1. The Balaban J connectivity index is 1.32. The molecule has 1 aliphatic heterocycles. The topological polar surface area (TPSA) is 87.7 Å². The van der Waals surface area contributed by atoms with E-state index in [1.54, 1.807) is 12.4 Å². The molecule has 32 heavy (non-hydrogen) atoms. The minimum Gasteiger partial charge on any atom is -0.378 e. The average Bonchev–Trinajstić information content (AvgIpc) is 2.87. The van der Waals surface area contributed by atoms with Crippen molar-refractivity contribution in [3.8, 4) is 0 Å². The summed E-state index contributed by atoms with van der Waals surface area (Å²) < 4.78 is 5.39. The second kappa shape index (κ2) is 11.2. The molecule has 1 aromatic heterocycles. The number of nitrogens with zero attached hydrogens (tertiary/aromatic N) is 7. The van der Waals surface area contributed by atoms with Gasteiger partial charge >= 0.3 is 0 Å². The molecule has 164 valence electrons. The Bertz CT molecular complexity index is 1030. The number of anilines is 1. The lowest BCUT2D eigenvalue weighted by Crippen LogP contribution is -2.36. The van der Waals surface area contributed by atoms with Crippen LogP contribution in [-0.4, -0.2) is 36.3 Å². The van der Waals surface area contributed by atoms with Gasteiger partial charge in [-0.3, -0.25) is 0 Å². The number of azo groups is 2. The number of aryl methyl sites for hydroxylation is 1. The molecule has 2 aromatic carbocycles.